The summed E-state index contributed by atoms with van der Waals surface area (Å²) < 4.78 is 6.06. The van der Waals surface area contributed by atoms with Crippen LogP contribution in [-0.2, 0) is 6.16 Å². The number of rotatable bonds is 10. The van der Waals surface area contributed by atoms with Gasteiger partial charge in [-0.15, -0.1) is 18.5 Å². The fourth-order valence-corrected chi connectivity index (χ4v) is 4.39. The molecule has 0 saturated carbocycles. The summed E-state index contributed by atoms with van der Waals surface area (Å²) in [6, 6.07) is 15.3. The third-order valence-electron chi connectivity index (χ3n) is 5.45. The van der Waals surface area contributed by atoms with Gasteiger partial charge in [-0.2, -0.15) is 0 Å². The number of benzene rings is 2. The largest absolute Gasteiger partial charge is 0.494 e. The van der Waals surface area contributed by atoms with Crippen LogP contribution in [0.3, 0.4) is 0 Å². The quantitative estimate of drug-likeness (QED) is 0.318. The third kappa shape index (κ3) is 6.07. The molecule has 1 nitrogen and oxygen atoms in total. The fourth-order valence-electron chi connectivity index (χ4n) is 3.36. The minimum atomic E-state index is 0.450. The molecule has 26 heavy (non-hydrogen) atoms. The van der Waals surface area contributed by atoms with Crippen LogP contribution in [0.5, 0.6) is 5.75 Å². The molecule has 0 bridgehead atoms. The van der Waals surface area contributed by atoms with Gasteiger partial charge in [0.25, 0.3) is 0 Å². The van der Waals surface area contributed by atoms with Crippen molar-refractivity contribution in [1.29, 1.82) is 0 Å². The lowest BCUT2D eigenvalue weighted by atomic mass is 9.80. The summed E-state index contributed by atoms with van der Waals surface area (Å²) in [7, 11) is 5.70. The molecule has 3 unspecified atom stereocenters. The molecular weight excluding hydrogens is 354 g/mol. The van der Waals surface area contributed by atoms with Crippen LogP contribution < -0.4 is 4.74 Å². The molecule has 0 spiro atoms. The highest BCUT2D eigenvalue weighted by atomic mass is 31.0. The Morgan fingerprint density at radius 2 is 1.73 bits per heavy atom. The van der Waals surface area contributed by atoms with Crippen molar-refractivity contribution in [2.75, 3.05) is 12.8 Å². The first-order valence-electron chi connectivity index (χ1n) is 9.74. The number of hydrogen-bond acceptors (Lipinski definition) is 1. The predicted molar refractivity (Wildman–Crippen MR) is 122 cm³/mol. The Hall–Kier alpha value is -0.900. The molecule has 142 valence electrons. The van der Waals surface area contributed by atoms with E-state index in [1.165, 1.54) is 47.7 Å². The van der Waals surface area contributed by atoms with E-state index in [9.17, 15) is 0 Å². The zero-order chi connectivity index (χ0) is 19.0. The molecule has 2 rings (SSSR count). The molecule has 0 heterocycles. The second kappa shape index (κ2) is 10.4. The van der Waals surface area contributed by atoms with Crippen LogP contribution >= 0.6 is 18.5 Å². The number of hydrogen-bond donors (Lipinski definition) is 0. The molecule has 0 radical (unpaired) electrons. The third-order valence-corrected chi connectivity index (χ3v) is 6.18. The molecule has 0 aromatic heterocycles. The van der Waals surface area contributed by atoms with E-state index in [0.29, 0.717) is 5.41 Å². The van der Waals surface area contributed by atoms with Gasteiger partial charge >= 0.3 is 0 Å². The van der Waals surface area contributed by atoms with Gasteiger partial charge in [0.2, 0.25) is 0 Å². The molecular formula is C23H34OP2. The van der Waals surface area contributed by atoms with E-state index in [0.717, 1.165) is 24.9 Å². The van der Waals surface area contributed by atoms with Gasteiger partial charge in [-0.25, -0.2) is 0 Å². The number of ether oxygens (including phenoxy) is 1. The van der Waals surface area contributed by atoms with Crippen LogP contribution in [0.2, 0.25) is 0 Å². The molecule has 0 aliphatic carbocycles. The van der Waals surface area contributed by atoms with E-state index in [1.54, 1.807) is 0 Å². The molecule has 0 aliphatic rings. The Kier molecular flexibility index (Phi) is 8.59. The molecule has 0 fully saturated rings. The zero-order valence-electron chi connectivity index (χ0n) is 16.6. The van der Waals surface area contributed by atoms with E-state index in [-0.39, 0.29) is 0 Å². The highest BCUT2D eigenvalue weighted by molar-refractivity contribution is 7.16. The van der Waals surface area contributed by atoms with Crippen LogP contribution in [0, 0.1) is 12.3 Å². The zero-order valence-corrected chi connectivity index (χ0v) is 18.9. The van der Waals surface area contributed by atoms with E-state index >= 15 is 0 Å². The van der Waals surface area contributed by atoms with Gasteiger partial charge in [0, 0.05) is 0 Å². The normalized spacial score (nSPS) is 13.4. The predicted octanol–water partition coefficient (Wildman–Crippen LogP) is 6.88. The first-order valence-corrected chi connectivity index (χ1v) is 11.4. The summed E-state index contributed by atoms with van der Waals surface area (Å²) >= 11 is 0. The number of aryl methyl sites for hydroxylation is 1. The Morgan fingerprint density at radius 1 is 1.00 bits per heavy atom. The lowest BCUT2D eigenvalue weighted by Crippen LogP contribution is -2.17. The Bertz CT molecular complexity index is 681. The Morgan fingerprint density at radius 3 is 2.35 bits per heavy atom. The molecule has 2 aromatic rings. The second-order valence-electron chi connectivity index (χ2n) is 7.54. The molecule has 0 aliphatic heterocycles. The van der Waals surface area contributed by atoms with Crippen LogP contribution in [0.1, 0.15) is 50.7 Å². The minimum absolute atomic E-state index is 0.450. The fraction of sp³-hybridized carbons (Fsp3) is 0.478. The maximum absolute atomic E-state index is 6.06. The summed E-state index contributed by atoms with van der Waals surface area (Å²) in [5, 5.41) is 0. The van der Waals surface area contributed by atoms with E-state index in [4.69, 9.17) is 4.74 Å². The molecule has 0 amide bonds. The van der Waals surface area contributed by atoms with Crippen molar-refractivity contribution in [2.24, 2.45) is 5.41 Å². The standard InChI is InChI=1S/C23H34OP2/c1-4-23(3,13-15-25)12-5-14-24-21-10-11-22(20(16-21)17-26)19-8-6-18(2)7-9-19/h6-11,16H,4-5,12-15,17,25-26H2,1-3H3. The lowest BCUT2D eigenvalue weighted by molar-refractivity contribution is 0.228. The van der Waals surface area contributed by atoms with Crippen molar-refractivity contribution in [3.05, 3.63) is 53.6 Å². The van der Waals surface area contributed by atoms with E-state index < -0.39 is 0 Å². The van der Waals surface area contributed by atoms with Crippen molar-refractivity contribution in [1.82, 2.24) is 0 Å². The average Bonchev–Trinajstić information content (AvgIpc) is 2.66. The first-order chi connectivity index (χ1) is 12.5. The van der Waals surface area contributed by atoms with Crippen molar-refractivity contribution >= 4 is 18.5 Å². The lowest BCUT2D eigenvalue weighted by Gasteiger charge is -2.27. The van der Waals surface area contributed by atoms with Gasteiger partial charge in [-0.3, -0.25) is 0 Å². The van der Waals surface area contributed by atoms with Crippen molar-refractivity contribution < 1.29 is 4.74 Å². The van der Waals surface area contributed by atoms with Crippen molar-refractivity contribution in [2.45, 2.75) is 52.6 Å². The van der Waals surface area contributed by atoms with Crippen molar-refractivity contribution in [3.63, 3.8) is 0 Å². The summed E-state index contributed by atoms with van der Waals surface area (Å²) in [4.78, 5) is 0. The summed E-state index contributed by atoms with van der Waals surface area (Å²) in [6.45, 7) is 7.63. The van der Waals surface area contributed by atoms with E-state index in [2.05, 4.69) is 81.7 Å². The molecule has 3 atom stereocenters. The molecule has 3 heteroatoms. The van der Waals surface area contributed by atoms with Gasteiger partial charge in [0.1, 0.15) is 5.75 Å². The van der Waals surface area contributed by atoms with Crippen LogP contribution in [0.25, 0.3) is 11.1 Å². The molecule has 0 N–H and O–H groups in total. The molecule has 2 aromatic carbocycles. The van der Waals surface area contributed by atoms with Crippen LogP contribution in [0.15, 0.2) is 42.5 Å². The topological polar surface area (TPSA) is 9.23 Å². The Balaban J connectivity index is 1.98. The SMILES string of the molecule is CCC(C)(CCP)CCCOc1ccc(-c2ccc(C)cc2)c(CP)c1. The maximum Gasteiger partial charge on any atom is 0.119 e. The first kappa shape index (κ1) is 21.4. The summed E-state index contributed by atoms with van der Waals surface area (Å²) in [6.07, 6.45) is 6.98. The smallest absolute Gasteiger partial charge is 0.119 e. The highest BCUT2D eigenvalue weighted by Crippen LogP contribution is 2.33. The van der Waals surface area contributed by atoms with Gasteiger partial charge in [0.15, 0.2) is 0 Å². The van der Waals surface area contributed by atoms with Crippen LogP contribution in [-0.4, -0.2) is 12.8 Å². The summed E-state index contributed by atoms with van der Waals surface area (Å²) in [5.41, 5.74) is 5.63. The van der Waals surface area contributed by atoms with Gasteiger partial charge in [-0.05, 0) is 72.7 Å². The van der Waals surface area contributed by atoms with Crippen LogP contribution in [0.4, 0.5) is 0 Å². The monoisotopic (exact) mass is 388 g/mol. The van der Waals surface area contributed by atoms with Gasteiger partial charge < -0.3 is 4.74 Å². The van der Waals surface area contributed by atoms with Gasteiger partial charge in [-0.1, -0.05) is 56.2 Å². The van der Waals surface area contributed by atoms with E-state index in [1.807, 2.05) is 0 Å². The second-order valence-corrected chi connectivity index (χ2v) is 8.53. The maximum atomic E-state index is 6.06. The average molecular weight is 388 g/mol. The minimum Gasteiger partial charge on any atom is -0.494 e. The highest BCUT2D eigenvalue weighted by Gasteiger charge is 2.20. The Labute approximate surface area is 164 Å². The summed E-state index contributed by atoms with van der Waals surface area (Å²) in [5.74, 6) is 0.988. The molecule has 0 saturated heterocycles. The van der Waals surface area contributed by atoms with Gasteiger partial charge in [0.05, 0.1) is 6.61 Å². The van der Waals surface area contributed by atoms with Crippen molar-refractivity contribution in [3.8, 4) is 16.9 Å².